The summed E-state index contributed by atoms with van der Waals surface area (Å²) in [6, 6.07) is 3.27. The molecule has 92 valence electrons. The smallest absolute Gasteiger partial charge is 0.337 e. The summed E-state index contributed by atoms with van der Waals surface area (Å²) in [5, 5.41) is 18.5. The number of nitrogens with zero attached hydrogens (tertiary/aromatic N) is 2. The summed E-state index contributed by atoms with van der Waals surface area (Å²) in [6.07, 6.45) is 3.49. The molecule has 0 radical (unpaired) electrons. The van der Waals surface area contributed by atoms with Gasteiger partial charge in [0.05, 0.1) is 0 Å². The van der Waals surface area contributed by atoms with Crippen LogP contribution < -0.4 is 4.90 Å². The van der Waals surface area contributed by atoms with Crippen molar-refractivity contribution >= 4 is 11.8 Å². The van der Waals surface area contributed by atoms with Gasteiger partial charge < -0.3 is 15.1 Å². The van der Waals surface area contributed by atoms with E-state index in [2.05, 4.69) is 4.98 Å². The van der Waals surface area contributed by atoms with E-state index in [1.807, 2.05) is 4.90 Å². The topological polar surface area (TPSA) is 73.7 Å². The molecular weight excluding hydrogens is 220 g/mol. The number of aliphatic hydroxyl groups excluding tert-OH is 1. The van der Waals surface area contributed by atoms with Crippen LogP contribution in [0.4, 0.5) is 5.82 Å². The maximum absolute atomic E-state index is 10.8. The van der Waals surface area contributed by atoms with Gasteiger partial charge in [-0.25, -0.2) is 9.78 Å². The van der Waals surface area contributed by atoms with Gasteiger partial charge in [-0.1, -0.05) is 6.07 Å². The van der Waals surface area contributed by atoms with E-state index in [1.165, 1.54) is 6.42 Å². The van der Waals surface area contributed by atoms with Crippen molar-refractivity contribution < 1.29 is 15.0 Å². The van der Waals surface area contributed by atoms with E-state index in [0.29, 0.717) is 11.4 Å². The molecule has 0 saturated carbocycles. The Kier molecular flexibility index (Phi) is 3.58. The van der Waals surface area contributed by atoms with Crippen LogP contribution in [0.2, 0.25) is 0 Å². The van der Waals surface area contributed by atoms with E-state index in [-0.39, 0.29) is 0 Å². The summed E-state index contributed by atoms with van der Waals surface area (Å²) in [5.74, 6) is -0.640. The molecule has 1 atom stereocenters. The molecule has 0 amide bonds. The maximum atomic E-state index is 10.8. The lowest BCUT2D eigenvalue weighted by Crippen LogP contribution is -2.31. The molecule has 0 bridgehead atoms. The predicted molar refractivity (Wildman–Crippen MR) is 62.9 cm³/mol. The highest BCUT2D eigenvalue weighted by Gasteiger charge is 2.23. The van der Waals surface area contributed by atoms with Gasteiger partial charge in [0.15, 0.2) is 6.10 Å². The largest absolute Gasteiger partial charge is 0.479 e. The lowest BCUT2D eigenvalue weighted by atomic mass is 10.1. The summed E-state index contributed by atoms with van der Waals surface area (Å²) < 4.78 is 0. The molecule has 2 heterocycles. The minimum absolute atomic E-state index is 0.377. The number of carboxylic acids is 1. The fraction of sp³-hybridized carbons (Fsp3) is 0.500. The summed E-state index contributed by atoms with van der Waals surface area (Å²) >= 11 is 0. The second kappa shape index (κ2) is 5.14. The Morgan fingerprint density at radius 2 is 2.06 bits per heavy atom. The molecule has 1 saturated heterocycles. The molecule has 1 aliphatic rings. The fourth-order valence-electron chi connectivity index (χ4n) is 2.13. The normalized spacial score (nSPS) is 17.8. The van der Waals surface area contributed by atoms with Crippen molar-refractivity contribution in [1.29, 1.82) is 0 Å². The van der Waals surface area contributed by atoms with Crippen LogP contribution in [0.1, 0.15) is 30.9 Å². The van der Waals surface area contributed by atoms with Crippen molar-refractivity contribution in [3.05, 3.63) is 23.9 Å². The Labute approximate surface area is 99.7 Å². The van der Waals surface area contributed by atoms with Gasteiger partial charge in [-0.2, -0.15) is 0 Å². The number of pyridine rings is 1. The number of carbonyl (C=O) groups is 1. The van der Waals surface area contributed by atoms with Gasteiger partial charge in [-0.05, 0) is 25.3 Å². The minimum Gasteiger partial charge on any atom is -0.479 e. The number of hydrogen-bond acceptors (Lipinski definition) is 4. The standard InChI is InChI=1S/C12H16N2O3/c15-10(12(16)17)9-5-4-6-13-11(9)14-7-2-1-3-8-14/h4-6,10,15H,1-3,7-8H2,(H,16,17). The highest BCUT2D eigenvalue weighted by molar-refractivity contribution is 5.76. The first-order valence-electron chi connectivity index (χ1n) is 5.81. The van der Waals surface area contributed by atoms with Gasteiger partial charge in [0, 0.05) is 24.8 Å². The third-order valence-electron chi connectivity index (χ3n) is 3.00. The van der Waals surface area contributed by atoms with E-state index in [9.17, 15) is 9.90 Å². The zero-order chi connectivity index (χ0) is 12.3. The molecule has 2 rings (SSSR count). The summed E-state index contributed by atoms with van der Waals surface area (Å²) in [6.45, 7) is 1.74. The molecular formula is C12H16N2O3. The van der Waals surface area contributed by atoms with E-state index in [0.717, 1.165) is 25.9 Å². The SMILES string of the molecule is O=C(O)C(O)c1cccnc1N1CCCCC1. The van der Waals surface area contributed by atoms with Crippen LogP contribution in [0.3, 0.4) is 0 Å². The fourth-order valence-corrected chi connectivity index (χ4v) is 2.13. The van der Waals surface area contributed by atoms with Crippen LogP contribution in [0.15, 0.2) is 18.3 Å². The second-order valence-electron chi connectivity index (χ2n) is 4.20. The Morgan fingerprint density at radius 3 is 2.71 bits per heavy atom. The predicted octanol–water partition coefficient (Wildman–Crippen LogP) is 1.19. The van der Waals surface area contributed by atoms with Crippen LogP contribution >= 0.6 is 0 Å². The monoisotopic (exact) mass is 236 g/mol. The van der Waals surface area contributed by atoms with Crippen molar-refractivity contribution in [1.82, 2.24) is 4.98 Å². The van der Waals surface area contributed by atoms with Crippen molar-refractivity contribution in [2.24, 2.45) is 0 Å². The Hall–Kier alpha value is -1.62. The zero-order valence-electron chi connectivity index (χ0n) is 9.54. The van der Waals surface area contributed by atoms with Crippen molar-refractivity contribution in [3.63, 3.8) is 0 Å². The van der Waals surface area contributed by atoms with Crippen LogP contribution in [0.25, 0.3) is 0 Å². The first kappa shape index (κ1) is 11.9. The number of aliphatic hydroxyl groups is 1. The number of piperidine rings is 1. The number of hydrogen-bond donors (Lipinski definition) is 2. The Bertz CT molecular complexity index is 402. The lowest BCUT2D eigenvalue weighted by molar-refractivity contribution is -0.146. The average Bonchev–Trinajstić information content (AvgIpc) is 2.39. The van der Waals surface area contributed by atoms with Gasteiger partial charge in [0.1, 0.15) is 5.82 Å². The third-order valence-corrected chi connectivity index (χ3v) is 3.00. The number of carboxylic acid groups (broad SMARTS) is 1. The van der Waals surface area contributed by atoms with Crippen LogP contribution in [-0.2, 0) is 4.79 Å². The van der Waals surface area contributed by atoms with Crippen LogP contribution in [0.5, 0.6) is 0 Å². The highest BCUT2D eigenvalue weighted by Crippen LogP contribution is 2.26. The molecule has 5 nitrogen and oxygen atoms in total. The molecule has 0 aliphatic carbocycles. The molecule has 1 aliphatic heterocycles. The maximum Gasteiger partial charge on any atom is 0.337 e. The molecule has 1 fully saturated rings. The van der Waals surface area contributed by atoms with Gasteiger partial charge >= 0.3 is 5.97 Å². The van der Waals surface area contributed by atoms with Crippen molar-refractivity contribution in [2.75, 3.05) is 18.0 Å². The second-order valence-corrected chi connectivity index (χ2v) is 4.20. The number of aliphatic carboxylic acids is 1. The van der Waals surface area contributed by atoms with Gasteiger partial charge in [-0.15, -0.1) is 0 Å². The average molecular weight is 236 g/mol. The van der Waals surface area contributed by atoms with E-state index >= 15 is 0 Å². The van der Waals surface area contributed by atoms with Crippen LogP contribution in [0, 0.1) is 0 Å². The quantitative estimate of drug-likeness (QED) is 0.824. The minimum atomic E-state index is -1.50. The molecule has 5 heteroatoms. The molecule has 1 aromatic rings. The number of aromatic nitrogens is 1. The number of rotatable bonds is 3. The summed E-state index contributed by atoms with van der Waals surface area (Å²) in [5.41, 5.74) is 0.377. The summed E-state index contributed by atoms with van der Waals surface area (Å²) in [4.78, 5) is 17.1. The van der Waals surface area contributed by atoms with E-state index < -0.39 is 12.1 Å². The highest BCUT2D eigenvalue weighted by atomic mass is 16.4. The van der Waals surface area contributed by atoms with Crippen molar-refractivity contribution in [3.8, 4) is 0 Å². The molecule has 17 heavy (non-hydrogen) atoms. The van der Waals surface area contributed by atoms with Gasteiger partial charge in [0.25, 0.3) is 0 Å². The Balaban J connectivity index is 2.29. The number of anilines is 1. The first-order valence-corrected chi connectivity index (χ1v) is 5.81. The molecule has 2 N–H and O–H groups in total. The first-order chi connectivity index (χ1) is 8.20. The molecule has 0 spiro atoms. The molecule has 0 aromatic carbocycles. The third kappa shape index (κ3) is 2.55. The zero-order valence-corrected chi connectivity index (χ0v) is 9.54. The van der Waals surface area contributed by atoms with E-state index in [4.69, 9.17) is 5.11 Å². The van der Waals surface area contributed by atoms with Crippen LogP contribution in [-0.4, -0.2) is 34.3 Å². The Morgan fingerprint density at radius 1 is 1.35 bits per heavy atom. The lowest BCUT2D eigenvalue weighted by Gasteiger charge is -2.29. The van der Waals surface area contributed by atoms with Crippen molar-refractivity contribution in [2.45, 2.75) is 25.4 Å². The molecule has 1 aromatic heterocycles. The summed E-state index contributed by atoms with van der Waals surface area (Å²) in [7, 11) is 0. The van der Waals surface area contributed by atoms with Gasteiger partial charge in [0.2, 0.25) is 0 Å². The molecule has 1 unspecified atom stereocenters. The van der Waals surface area contributed by atoms with E-state index in [1.54, 1.807) is 18.3 Å². The van der Waals surface area contributed by atoms with Gasteiger partial charge in [-0.3, -0.25) is 0 Å².